The summed E-state index contributed by atoms with van der Waals surface area (Å²) < 4.78 is 0. The Morgan fingerprint density at radius 2 is 0.597 bits per heavy atom. The van der Waals surface area contributed by atoms with Crippen LogP contribution >= 0.6 is 11.8 Å². The molecule has 0 bridgehead atoms. The summed E-state index contributed by atoms with van der Waals surface area (Å²) in [5.41, 5.74) is 26.9. The molecule has 1 aromatic rings. The molecule has 0 unspecified atom stereocenters. The van der Waals surface area contributed by atoms with Crippen LogP contribution in [0.5, 0.6) is 0 Å². The highest BCUT2D eigenvalue weighted by Gasteiger charge is 2.40. The third-order valence-corrected chi connectivity index (χ3v) is 22.1. The normalized spacial score (nSPS) is 14.7. The van der Waals surface area contributed by atoms with Crippen LogP contribution in [0.2, 0.25) is 0 Å². The van der Waals surface area contributed by atoms with Crippen LogP contribution in [0.1, 0.15) is 221 Å². The van der Waals surface area contributed by atoms with Crippen LogP contribution in [0.15, 0.2) is 30.3 Å². The van der Waals surface area contributed by atoms with E-state index >= 15 is 0 Å². The smallest absolute Gasteiger partial charge is 0.245 e. The number of aliphatic hydroxyl groups is 1. The molecular formula is C86H145N21O26S. The molecule has 48 heteroatoms. The third kappa shape index (κ3) is 49.8. The fourth-order valence-electron chi connectivity index (χ4n) is 13.8. The van der Waals surface area contributed by atoms with E-state index in [4.69, 9.17) is 11.5 Å². The number of carboxylic acid groups (broad SMARTS) is 4. The highest BCUT2D eigenvalue weighted by molar-refractivity contribution is 7.98. The van der Waals surface area contributed by atoms with Crippen molar-refractivity contribution >= 4 is 136 Å². The molecule has 0 spiro atoms. The van der Waals surface area contributed by atoms with E-state index in [0.29, 0.717) is 76.0 Å². The zero-order valence-corrected chi connectivity index (χ0v) is 79.0. The summed E-state index contributed by atoms with van der Waals surface area (Å²) in [6.45, 7) is 12.1. The van der Waals surface area contributed by atoms with Crippen molar-refractivity contribution in [2.45, 2.75) is 312 Å². The number of benzene rings is 1. The second-order valence-corrected chi connectivity index (χ2v) is 34.8. The number of carbonyl (C=O) groups is 21. The minimum Gasteiger partial charge on any atom is -0.550 e. The van der Waals surface area contributed by atoms with E-state index in [1.165, 1.54) is 18.7 Å². The Kier molecular flexibility index (Phi) is 59.8. The maximum Gasteiger partial charge on any atom is 0.245 e. The maximum atomic E-state index is 14.8. The Balaban J connectivity index is 3.88. The van der Waals surface area contributed by atoms with Crippen LogP contribution in [0.3, 0.4) is 0 Å². The number of quaternary nitrogens is 4. The summed E-state index contributed by atoms with van der Waals surface area (Å²) in [7, 11) is 0. The molecule has 134 heavy (non-hydrogen) atoms. The number of aliphatic carboxylic acids is 4. The molecule has 0 saturated carbocycles. The summed E-state index contributed by atoms with van der Waals surface area (Å²) >= 11 is 1.45. The lowest BCUT2D eigenvalue weighted by atomic mass is 9.96. The molecule has 1 rings (SSSR count). The standard InChI is InChI=1S/C86H145N21O26S/c1-9-49(6)71(107-80(126)60(37-42-134-8)93-50(7)109)85(131)101-55(26-16-20-41-90)75(121)103-63(44-48(4)5)82(128)105-64(45-51-21-11-10-12-22-51)83(129)106-65(46-108)84(130)104-62(43-47(2)3)81(127)96-54(25-15-19-40-89)74(120)97-57(28-33-67(92)111)77(123)98-56(27-32-66(91)110)76(122)95-52(23-13-17-38-87)72(118)94-53(24-14-18-39-88)73(119)99-58(29-34-68(112)113)78(124)100-59(30-35-69(114)115)79(125)102-61(86(132)133)31-36-70(116)117/h10-12,21-22,47-49,52-65,71,108H,9,13-20,23-46,87-90H2,1-8H3,(H2,91,110)(H2,92,111)(H,93,109)(H,94,118)(H,95,122)(H,96,127)(H,97,120)(H,98,123)(H,99,119)(H,100,124)(H,101,131)(H,102,125)(H,103,121)(H,104,130)(H,105,128)(H,106,129)(H,107,126)(H,112,113)(H,114,115)(H,116,117)(H,132,133)/t49-,52-,53-,54-,55-,56-,57-,58-,59-,60-,61-,62-,63-,64-,65-,71-/m0/s1. The molecule has 0 aromatic heterocycles. The van der Waals surface area contributed by atoms with Gasteiger partial charge >= 0.3 is 0 Å². The van der Waals surface area contributed by atoms with E-state index in [1.807, 2.05) is 18.5 Å². The van der Waals surface area contributed by atoms with Crippen LogP contribution in [0.4, 0.5) is 0 Å². The number of hydrogen-bond acceptors (Lipinski definition) is 27. The second kappa shape index (κ2) is 66.6. The number of primary amides is 2. The molecule has 0 aliphatic rings. The number of thioether (sulfide) groups is 1. The fraction of sp³-hybridized carbons (Fsp3) is 0.686. The van der Waals surface area contributed by atoms with Gasteiger partial charge in [0.25, 0.3) is 0 Å². The van der Waals surface area contributed by atoms with E-state index in [1.54, 1.807) is 65.0 Å². The van der Waals surface area contributed by atoms with Crippen molar-refractivity contribution in [3.63, 3.8) is 0 Å². The van der Waals surface area contributed by atoms with Crippen molar-refractivity contribution in [3.05, 3.63) is 35.9 Å². The number of amides is 17. The van der Waals surface area contributed by atoms with Gasteiger partial charge in [0.2, 0.25) is 100 Å². The molecule has 0 saturated heterocycles. The summed E-state index contributed by atoms with van der Waals surface area (Å²) in [6, 6.07) is -15.8. The molecule has 32 N–H and O–H groups in total. The van der Waals surface area contributed by atoms with Gasteiger partial charge in [0.15, 0.2) is 0 Å². The third-order valence-electron chi connectivity index (χ3n) is 21.4. The number of carbonyl (C=O) groups excluding carboxylic acids is 21. The van der Waals surface area contributed by atoms with E-state index in [9.17, 15) is 126 Å². The first-order valence-corrected chi connectivity index (χ1v) is 46.9. The Labute approximate surface area is 783 Å². The van der Waals surface area contributed by atoms with Gasteiger partial charge in [0, 0.05) is 44.1 Å². The van der Waals surface area contributed by atoms with Gasteiger partial charge in [0.1, 0.15) is 84.6 Å². The van der Waals surface area contributed by atoms with Crippen molar-refractivity contribution in [1.29, 1.82) is 0 Å². The first-order valence-electron chi connectivity index (χ1n) is 45.5. The Bertz CT molecular complexity index is 4000. The Morgan fingerprint density at radius 1 is 0.336 bits per heavy atom. The van der Waals surface area contributed by atoms with Gasteiger partial charge in [-0.25, -0.2) is 0 Å². The highest BCUT2D eigenvalue weighted by Crippen LogP contribution is 2.18. The SMILES string of the molecule is CC[C@H](C)[C@H](NC(=O)[C@H](CCSC)NC(C)=O)C(=O)N[C@@H](CCCC[NH3+])C(=O)N[C@@H](CC(C)C)C(=O)N[C@@H](Cc1ccccc1)C(=O)N[C@@H](CO)C(=O)N[C@@H](CC(C)C)C(=O)N[C@@H](CCCC[NH3+])C(=O)N[C@@H](CCC(N)=O)C(=O)N[C@@H](CCC(N)=O)C(=O)N[C@@H](CCCC[NH3+])C(=O)N[C@@H](CCCC[NH3+])C(=O)N[C@@H](CCC(=O)[O-])C(=O)N[C@@H](CCC(=O)[O-])C(=O)N[C@@H](CCC(=O)[O-])C(=O)[O-]. The van der Waals surface area contributed by atoms with Gasteiger partial charge in [-0.3, -0.25) is 81.5 Å². The first kappa shape index (κ1) is 120. The van der Waals surface area contributed by atoms with Crippen molar-refractivity contribution in [1.82, 2.24) is 79.8 Å². The zero-order valence-electron chi connectivity index (χ0n) is 78.2. The van der Waals surface area contributed by atoms with Crippen molar-refractivity contribution in [2.24, 2.45) is 29.2 Å². The molecule has 16 atom stereocenters. The molecule has 756 valence electrons. The molecule has 47 nitrogen and oxygen atoms in total. The predicted molar refractivity (Wildman–Crippen MR) is 474 cm³/mol. The summed E-state index contributed by atoms with van der Waals surface area (Å²) in [5.74, 6) is -24.8. The monoisotopic (exact) mass is 1920 g/mol. The van der Waals surface area contributed by atoms with Crippen LogP contribution in [0.25, 0.3) is 0 Å². The van der Waals surface area contributed by atoms with Gasteiger partial charge in [-0.15, -0.1) is 0 Å². The lowest BCUT2D eigenvalue weighted by Gasteiger charge is -2.30. The topological polar surface area (TPSA) is 814 Å². The number of unbranched alkanes of at least 4 members (excludes halogenated alkanes) is 4. The van der Waals surface area contributed by atoms with Gasteiger partial charge in [-0.2, -0.15) is 11.8 Å². The number of nitrogens with one attached hydrogen (secondary N) is 15. The van der Waals surface area contributed by atoms with Crippen molar-refractivity contribution in [2.75, 3.05) is 44.8 Å². The van der Waals surface area contributed by atoms with Gasteiger partial charge in [0.05, 0.1) is 44.8 Å². The number of nitrogens with two attached hydrogens (primary N) is 2. The number of carboxylic acids is 4. The van der Waals surface area contributed by atoms with Crippen LogP contribution in [-0.2, 0) is 107 Å². The molecule has 17 amide bonds. The van der Waals surface area contributed by atoms with E-state index in [2.05, 4.69) is 97.4 Å². The predicted octanol–water partition coefficient (Wildman–Crippen LogP) is -13.1. The Hall–Kier alpha value is -11.8. The fourth-order valence-corrected chi connectivity index (χ4v) is 14.2. The van der Waals surface area contributed by atoms with E-state index < -0.39 is 298 Å². The number of hydrogen-bond donors (Lipinski definition) is 22. The quantitative estimate of drug-likeness (QED) is 0.0269. The van der Waals surface area contributed by atoms with Crippen molar-refractivity contribution in [3.8, 4) is 0 Å². The van der Waals surface area contributed by atoms with Crippen LogP contribution in [0, 0.1) is 17.8 Å². The summed E-state index contributed by atoms with van der Waals surface area (Å²) in [4.78, 5) is 285. The lowest BCUT2D eigenvalue weighted by Crippen LogP contribution is -2.62. The summed E-state index contributed by atoms with van der Waals surface area (Å²) in [6.07, 6.45) is -3.44. The largest absolute Gasteiger partial charge is 0.550 e. The average molecular weight is 1920 g/mol. The maximum absolute atomic E-state index is 14.8. The van der Waals surface area contributed by atoms with E-state index in [-0.39, 0.29) is 76.5 Å². The van der Waals surface area contributed by atoms with E-state index in [0.717, 1.165) is 0 Å². The zero-order chi connectivity index (χ0) is 101. The Morgan fingerprint density at radius 3 is 0.888 bits per heavy atom. The molecule has 0 fully saturated rings. The average Bonchev–Trinajstić information content (AvgIpc) is 0.832. The van der Waals surface area contributed by atoms with Crippen LogP contribution < -0.4 is 135 Å². The van der Waals surface area contributed by atoms with Crippen LogP contribution in [-0.4, -0.2) is 265 Å². The molecule has 0 aliphatic carbocycles. The lowest BCUT2D eigenvalue weighted by molar-refractivity contribution is -0.369. The number of aliphatic hydroxyl groups excluding tert-OH is 1. The molecule has 0 radical (unpaired) electrons. The highest BCUT2D eigenvalue weighted by atomic mass is 32.2. The molecule has 0 aliphatic heterocycles. The van der Waals surface area contributed by atoms with Gasteiger partial charge in [-0.05, 0) is 183 Å². The van der Waals surface area contributed by atoms with Crippen molar-refractivity contribution < 1.29 is 149 Å². The van der Waals surface area contributed by atoms with Gasteiger partial charge in [-0.1, -0.05) is 78.3 Å². The first-order chi connectivity index (χ1) is 63.3. The summed E-state index contributed by atoms with van der Waals surface area (Å²) in [5, 5.41) is 94.8. The number of rotatable bonds is 73. The minimum absolute atomic E-state index is 0.00563. The second-order valence-electron chi connectivity index (χ2n) is 33.8. The molecular weight excluding hydrogens is 1780 g/mol. The minimum atomic E-state index is -2.02. The van der Waals surface area contributed by atoms with Gasteiger partial charge < -0.3 is 159 Å². The molecule has 0 heterocycles. The molecule has 1 aromatic carbocycles.